The third kappa shape index (κ3) is 4.76. The summed E-state index contributed by atoms with van der Waals surface area (Å²) in [6, 6.07) is 19.1. The predicted molar refractivity (Wildman–Crippen MR) is 122 cm³/mol. The lowest BCUT2D eigenvalue weighted by molar-refractivity contribution is 0.262. The number of aromatic nitrogens is 2. The molecule has 1 aliphatic rings. The van der Waals surface area contributed by atoms with Crippen molar-refractivity contribution in [2.75, 3.05) is 28.6 Å². The van der Waals surface area contributed by atoms with Gasteiger partial charge in [-0.25, -0.2) is 4.79 Å². The molecule has 3 aromatic rings. The van der Waals surface area contributed by atoms with E-state index < -0.39 is 0 Å². The number of piperidine rings is 1. The number of nitrogens with zero attached hydrogens (tertiary/aromatic N) is 3. The van der Waals surface area contributed by atoms with Gasteiger partial charge in [-0.15, -0.1) is 10.2 Å². The van der Waals surface area contributed by atoms with Crippen molar-refractivity contribution < 1.29 is 4.79 Å². The Morgan fingerprint density at radius 1 is 0.933 bits per heavy atom. The normalized spacial score (nSPS) is 14.4. The fourth-order valence-electron chi connectivity index (χ4n) is 3.61. The minimum absolute atomic E-state index is 0.267. The average Bonchev–Trinajstić information content (AvgIpc) is 2.77. The van der Waals surface area contributed by atoms with Crippen molar-refractivity contribution >= 4 is 23.2 Å². The van der Waals surface area contributed by atoms with E-state index in [2.05, 4.69) is 32.7 Å². The van der Waals surface area contributed by atoms with Crippen LogP contribution in [-0.4, -0.2) is 29.3 Å². The topological polar surface area (TPSA) is 70.2 Å². The average molecular weight is 402 g/mol. The molecule has 1 aromatic heterocycles. The summed E-state index contributed by atoms with van der Waals surface area (Å²) < 4.78 is 0. The van der Waals surface area contributed by atoms with Gasteiger partial charge in [0.05, 0.1) is 5.69 Å². The van der Waals surface area contributed by atoms with Crippen LogP contribution in [0.2, 0.25) is 0 Å². The first-order valence-electron chi connectivity index (χ1n) is 10.4. The van der Waals surface area contributed by atoms with Gasteiger partial charge in [0, 0.05) is 30.0 Å². The molecule has 0 radical (unpaired) electrons. The van der Waals surface area contributed by atoms with Gasteiger partial charge in [0.1, 0.15) is 0 Å². The monoisotopic (exact) mass is 401 g/mol. The van der Waals surface area contributed by atoms with Crippen LogP contribution in [0.4, 0.5) is 22.0 Å². The molecule has 1 fully saturated rings. The van der Waals surface area contributed by atoms with Crippen molar-refractivity contribution in [2.45, 2.75) is 26.7 Å². The highest BCUT2D eigenvalue weighted by Gasteiger charge is 2.17. The van der Waals surface area contributed by atoms with Gasteiger partial charge in [-0.05, 0) is 61.6 Å². The van der Waals surface area contributed by atoms with E-state index in [0.717, 1.165) is 53.0 Å². The van der Waals surface area contributed by atoms with Crippen molar-refractivity contribution in [1.29, 1.82) is 0 Å². The molecule has 0 aliphatic carbocycles. The Hall–Kier alpha value is -3.41. The number of hydrogen-bond donors (Lipinski definition) is 2. The van der Waals surface area contributed by atoms with E-state index >= 15 is 0 Å². The quantitative estimate of drug-likeness (QED) is 0.620. The standard InChI is InChI=1S/C24H27N5O/c1-17-13-15-29(16-14-17)23-12-11-22(27-28-23)19-7-9-20(10-8-19)25-24(30)26-21-6-4-3-5-18(21)2/h3-12,17H,13-16H2,1-2H3,(H2,25,26,30). The first kappa shape index (κ1) is 19.9. The number of hydrogen-bond acceptors (Lipinski definition) is 4. The van der Waals surface area contributed by atoms with E-state index in [9.17, 15) is 4.79 Å². The maximum atomic E-state index is 12.2. The summed E-state index contributed by atoms with van der Waals surface area (Å²) in [6.07, 6.45) is 2.41. The minimum Gasteiger partial charge on any atom is -0.355 e. The SMILES string of the molecule is Cc1ccccc1NC(=O)Nc1ccc(-c2ccc(N3CCC(C)CC3)nn2)cc1. The number of benzene rings is 2. The summed E-state index contributed by atoms with van der Waals surface area (Å²) in [5.41, 5.74) is 4.32. The highest BCUT2D eigenvalue weighted by atomic mass is 16.2. The summed E-state index contributed by atoms with van der Waals surface area (Å²) in [4.78, 5) is 14.6. The molecule has 154 valence electrons. The molecule has 4 rings (SSSR count). The molecule has 0 bridgehead atoms. The van der Waals surface area contributed by atoms with E-state index in [1.54, 1.807) is 0 Å². The molecule has 2 amide bonds. The zero-order valence-electron chi connectivity index (χ0n) is 17.4. The third-order valence-corrected chi connectivity index (χ3v) is 5.59. The molecule has 6 nitrogen and oxygen atoms in total. The van der Waals surface area contributed by atoms with Gasteiger partial charge in [-0.3, -0.25) is 0 Å². The van der Waals surface area contributed by atoms with E-state index in [0.29, 0.717) is 0 Å². The number of aryl methyl sites for hydroxylation is 1. The number of carbonyl (C=O) groups is 1. The van der Waals surface area contributed by atoms with Gasteiger partial charge in [0.2, 0.25) is 0 Å². The van der Waals surface area contributed by atoms with Gasteiger partial charge in [0.15, 0.2) is 5.82 Å². The Labute approximate surface area is 177 Å². The molecule has 1 aliphatic heterocycles. The maximum Gasteiger partial charge on any atom is 0.323 e. The summed E-state index contributed by atoms with van der Waals surface area (Å²) in [6.45, 7) is 6.35. The zero-order valence-corrected chi connectivity index (χ0v) is 17.4. The van der Waals surface area contributed by atoms with E-state index in [1.165, 1.54) is 12.8 Å². The van der Waals surface area contributed by atoms with E-state index in [4.69, 9.17) is 0 Å². The fourth-order valence-corrected chi connectivity index (χ4v) is 3.61. The largest absolute Gasteiger partial charge is 0.355 e. The minimum atomic E-state index is -0.267. The van der Waals surface area contributed by atoms with Crippen LogP contribution in [0, 0.1) is 12.8 Å². The van der Waals surface area contributed by atoms with Crippen molar-refractivity contribution in [3.8, 4) is 11.3 Å². The Kier molecular flexibility index (Phi) is 5.93. The number of anilines is 3. The third-order valence-electron chi connectivity index (χ3n) is 5.59. The number of amides is 2. The van der Waals surface area contributed by atoms with Crippen LogP contribution >= 0.6 is 0 Å². The Morgan fingerprint density at radius 2 is 1.67 bits per heavy atom. The molecule has 1 saturated heterocycles. The first-order chi connectivity index (χ1) is 14.6. The zero-order chi connectivity index (χ0) is 20.9. The molecule has 2 aromatic carbocycles. The number of para-hydroxylation sites is 1. The number of rotatable bonds is 4. The molecule has 2 heterocycles. The van der Waals surface area contributed by atoms with Crippen molar-refractivity contribution in [1.82, 2.24) is 10.2 Å². The fraction of sp³-hybridized carbons (Fsp3) is 0.292. The first-order valence-corrected chi connectivity index (χ1v) is 10.4. The molecule has 0 atom stereocenters. The van der Waals surface area contributed by atoms with Crippen LogP contribution in [0.15, 0.2) is 60.7 Å². The van der Waals surface area contributed by atoms with Crippen molar-refractivity contribution in [2.24, 2.45) is 5.92 Å². The lowest BCUT2D eigenvalue weighted by Crippen LogP contribution is -2.33. The van der Waals surface area contributed by atoms with Crippen LogP contribution in [0.3, 0.4) is 0 Å². The van der Waals surface area contributed by atoms with E-state index in [1.807, 2.05) is 67.6 Å². The molecular formula is C24H27N5O. The lowest BCUT2D eigenvalue weighted by atomic mass is 9.99. The number of nitrogens with one attached hydrogen (secondary N) is 2. The maximum absolute atomic E-state index is 12.2. The molecule has 2 N–H and O–H groups in total. The van der Waals surface area contributed by atoms with Crippen LogP contribution in [0.1, 0.15) is 25.3 Å². The van der Waals surface area contributed by atoms with Crippen molar-refractivity contribution in [3.05, 3.63) is 66.2 Å². The van der Waals surface area contributed by atoms with Crippen LogP contribution in [-0.2, 0) is 0 Å². The summed E-state index contributed by atoms with van der Waals surface area (Å²) in [7, 11) is 0. The van der Waals surface area contributed by atoms with Gasteiger partial charge in [0.25, 0.3) is 0 Å². The molecular weight excluding hydrogens is 374 g/mol. The second-order valence-corrected chi connectivity index (χ2v) is 7.92. The summed E-state index contributed by atoms with van der Waals surface area (Å²) >= 11 is 0. The van der Waals surface area contributed by atoms with Gasteiger partial charge in [-0.1, -0.05) is 37.3 Å². The van der Waals surface area contributed by atoms with Crippen LogP contribution < -0.4 is 15.5 Å². The van der Waals surface area contributed by atoms with Gasteiger partial charge in [-0.2, -0.15) is 0 Å². The second-order valence-electron chi connectivity index (χ2n) is 7.92. The predicted octanol–water partition coefficient (Wildman–Crippen LogP) is 5.33. The summed E-state index contributed by atoms with van der Waals surface area (Å²) in [5.74, 6) is 1.73. The number of urea groups is 1. The van der Waals surface area contributed by atoms with Crippen LogP contribution in [0.25, 0.3) is 11.3 Å². The summed E-state index contributed by atoms with van der Waals surface area (Å²) in [5, 5.41) is 14.6. The Bertz CT molecular complexity index is 993. The highest BCUT2D eigenvalue weighted by molar-refractivity contribution is 6.00. The van der Waals surface area contributed by atoms with Crippen LogP contribution in [0.5, 0.6) is 0 Å². The molecule has 0 unspecified atom stereocenters. The molecule has 30 heavy (non-hydrogen) atoms. The van der Waals surface area contributed by atoms with Crippen molar-refractivity contribution in [3.63, 3.8) is 0 Å². The number of carbonyl (C=O) groups excluding carboxylic acids is 1. The smallest absolute Gasteiger partial charge is 0.323 e. The molecule has 0 saturated carbocycles. The van der Waals surface area contributed by atoms with Gasteiger partial charge >= 0.3 is 6.03 Å². The van der Waals surface area contributed by atoms with Gasteiger partial charge < -0.3 is 15.5 Å². The Morgan fingerprint density at radius 3 is 2.33 bits per heavy atom. The Balaban J connectivity index is 1.37. The lowest BCUT2D eigenvalue weighted by Gasteiger charge is -2.30. The second kappa shape index (κ2) is 8.95. The molecule has 6 heteroatoms. The van der Waals surface area contributed by atoms with E-state index in [-0.39, 0.29) is 6.03 Å². The highest BCUT2D eigenvalue weighted by Crippen LogP contribution is 2.24. The molecule has 0 spiro atoms.